The number of nitrogens with zero attached hydrogens (tertiary/aromatic N) is 1. The molecule has 2 rings (SSSR count). The van der Waals surface area contributed by atoms with Crippen LogP contribution in [0.25, 0.3) is 0 Å². The number of para-hydroxylation sites is 1. The van der Waals surface area contributed by atoms with Crippen molar-refractivity contribution in [2.45, 2.75) is 26.3 Å². The van der Waals surface area contributed by atoms with E-state index < -0.39 is 0 Å². The number of anilines is 1. The van der Waals surface area contributed by atoms with Gasteiger partial charge in [-0.05, 0) is 24.5 Å². The summed E-state index contributed by atoms with van der Waals surface area (Å²) in [4.78, 5) is 2.15. The standard InChI is InChI=1S/C14H21FN2/c1-11(2)9-12-10-17(8-7-16-12)14-6-4-3-5-13(14)15/h3-6,11-12,16H,7-10H2,1-2H3. The highest BCUT2D eigenvalue weighted by Gasteiger charge is 2.21. The lowest BCUT2D eigenvalue weighted by Gasteiger charge is -2.36. The first-order chi connectivity index (χ1) is 8.16. The van der Waals surface area contributed by atoms with Gasteiger partial charge in [-0.2, -0.15) is 0 Å². The zero-order chi connectivity index (χ0) is 12.3. The molecule has 1 aliphatic rings. The molecule has 1 aliphatic heterocycles. The first-order valence-electron chi connectivity index (χ1n) is 6.39. The minimum absolute atomic E-state index is 0.113. The Hall–Kier alpha value is -1.09. The van der Waals surface area contributed by atoms with E-state index in [0.29, 0.717) is 12.0 Å². The van der Waals surface area contributed by atoms with E-state index >= 15 is 0 Å². The van der Waals surface area contributed by atoms with Gasteiger partial charge >= 0.3 is 0 Å². The van der Waals surface area contributed by atoms with Crippen molar-refractivity contribution in [3.05, 3.63) is 30.1 Å². The minimum Gasteiger partial charge on any atom is -0.366 e. The normalized spacial score (nSPS) is 20.9. The van der Waals surface area contributed by atoms with Gasteiger partial charge in [-0.3, -0.25) is 0 Å². The molecule has 2 nitrogen and oxygen atoms in total. The Balaban J connectivity index is 2.04. The summed E-state index contributed by atoms with van der Waals surface area (Å²) in [5.41, 5.74) is 0.739. The molecule has 0 bridgehead atoms. The van der Waals surface area contributed by atoms with Gasteiger partial charge in [0.2, 0.25) is 0 Å². The largest absolute Gasteiger partial charge is 0.366 e. The van der Waals surface area contributed by atoms with Crippen molar-refractivity contribution in [2.24, 2.45) is 5.92 Å². The van der Waals surface area contributed by atoms with Crippen LogP contribution in [0.2, 0.25) is 0 Å². The van der Waals surface area contributed by atoms with Crippen LogP contribution in [-0.4, -0.2) is 25.7 Å². The molecule has 0 radical (unpaired) electrons. The fraction of sp³-hybridized carbons (Fsp3) is 0.571. The van der Waals surface area contributed by atoms with Crippen molar-refractivity contribution < 1.29 is 4.39 Å². The first kappa shape index (κ1) is 12.4. The Morgan fingerprint density at radius 1 is 1.41 bits per heavy atom. The van der Waals surface area contributed by atoms with E-state index in [4.69, 9.17) is 0 Å². The summed E-state index contributed by atoms with van der Waals surface area (Å²) in [6.07, 6.45) is 1.14. The predicted molar refractivity (Wildman–Crippen MR) is 69.9 cm³/mol. The fourth-order valence-corrected chi connectivity index (χ4v) is 2.48. The van der Waals surface area contributed by atoms with E-state index in [0.717, 1.165) is 31.7 Å². The molecule has 1 unspecified atom stereocenters. The molecule has 1 atom stereocenters. The summed E-state index contributed by atoms with van der Waals surface area (Å²) in [5, 5.41) is 3.51. The molecule has 0 aliphatic carbocycles. The summed E-state index contributed by atoms with van der Waals surface area (Å²) in [7, 11) is 0. The lowest BCUT2D eigenvalue weighted by atomic mass is 10.0. The first-order valence-corrected chi connectivity index (χ1v) is 6.39. The highest BCUT2D eigenvalue weighted by Crippen LogP contribution is 2.21. The number of benzene rings is 1. The Kier molecular flexibility index (Phi) is 4.00. The van der Waals surface area contributed by atoms with Crippen LogP contribution in [0.3, 0.4) is 0 Å². The van der Waals surface area contributed by atoms with Gasteiger partial charge in [0.25, 0.3) is 0 Å². The highest BCUT2D eigenvalue weighted by molar-refractivity contribution is 5.48. The molecule has 1 fully saturated rings. The minimum atomic E-state index is -0.113. The molecule has 0 aromatic heterocycles. The van der Waals surface area contributed by atoms with Crippen LogP contribution in [0, 0.1) is 11.7 Å². The highest BCUT2D eigenvalue weighted by atomic mass is 19.1. The van der Waals surface area contributed by atoms with Crippen LogP contribution in [0.5, 0.6) is 0 Å². The second-order valence-corrected chi connectivity index (χ2v) is 5.18. The van der Waals surface area contributed by atoms with Crippen molar-refractivity contribution >= 4 is 5.69 Å². The van der Waals surface area contributed by atoms with E-state index in [1.54, 1.807) is 6.07 Å². The van der Waals surface area contributed by atoms with E-state index in [1.165, 1.54) is 6.07 Å². The smallest absolute Gasteiger partial charge is 0.146 e. The van der Waals surface area contributed by atoms with Crippen molar-refractivity contribution in [2.75, 3.05) is 24.5 Å². The number of hydrogen-bond donors (Lipinski definition) is 1. The van der Waals surface area contributed by atoms with Crippen LogP contribution in [-0.2, 0) is 0 Å². The van der Waals surface area contributed by atoms with Gasteiger partial charge in [-0.25, -0.2) is 4.39 Å². The number of halogens is 1. The number of hydrogen-bond acceptors (Lipinski definition) is 2. The fourth-order valence-electron chi connectivity index (χ4n) is 2.48. The SMILES string of the molecule is CC(C)CC1CN(c2ccccc2F)CCN1. The molecule has 1 aromatic rings. The Bertz CT molecular complexity index is 365. The second-order valence-electron chi connectivity index (χ2n) is 5.18. The Morgan fingerprint density at radius 2 is 2.18 bits per heavy atom. The third-order valence-electron chi connectivity index (χ3n) is 3.20. The maximum Gasteiger partial charge on any atom is 0.146 e. The van der Waals surface area contributed by atoms with Crippen molar-refractivity contribution in [1.29, 1.82) is 0 Å². The number of nitrogens with one attached hydrogen (secondary N) is 1. The molecule has 1 saturated heterocycles. The second kappa shape index (κ2) is 5.50. The van der Waals surface area contributed by atoms with Crippen LogP contribution < -0.4 is 10.2 Å². The molecule has 0 saturated carbocycles. The molecule has 1 aromatic carbocycles. The van der Waals surface area contributed by atoms with E-state index in [-0.39, 0.29) is 5.82 Å². The topological polar surface area (TPSA) is 15.3 Å². The Labute approximate surface area is 103 Å². The van der Waals surface area contributed by atoms with Crippen molar-refractivity contribution in [3.63, 3.8) is 0 Å². The maximum atomic E-state index is 13.7. The van der Waals surface area contributed by atoms with Crippen molar-refractivity contribution in [1.82, 2.24) is 5.32 Å². The molecule has 1 N–H and O–H groups in total. The molecule has 3 heteroatoms. The van der Waals surface area contributed by atoms with E-state index in [1.807, 2.05) is 12.1 Å². The lowest BCUT2D eigenvalue weighted by Crippen LogP contribution is -2.51. The Morgan fingerprint density at radius 3 is 2.88 bits per heavy atom. The molecule has 0 amide bonds. The summed E-state index contributed by atoms with van der Waals surface area (Å²) in [6.45, 7) is 7.17. The van der Waals surface area contributed by atoms with Gasteiger partial charge in [-0.1, -0.05) is 26.0 Å². The molecule has 1 heterocycles. The van der Waals surface area contributed by atoms with E-state index in [9.17, 15) is 4.39 Å². The summed E-state index contributed by atoms with van der Waals surface area (Å²) in [5.74, 6) is 0.561. The van der Waals surface area contributed by atoms with Gasteiger partial charge in [-0.15, -0.1) is 0 Å². The quantitative estimate of drug-likeness (QED) is 0.868. The van der Waals surface area contributed by atoms with Crippen LogP contribution in [0.15, 0.2) is 24.3 Å². The summed E-state index contributed by atoms with van der Waals surface area (Å²) < 4.78 is 13.7. The molecule has 0 spiro atoms. The van der Waals surface area contributed by atoms with E-state index in [2.05, 4.69) is 24.1 Å². The van der Waals surface area contributed by atoms with Gasteiger partial charge < -0.3 is 10.2 Å². The monoisotopic (exact) mass is 236 g/mol. The molecule has 94 valence electrons. The van der Waals surface area contributed by atoms with Gasteiger partial charge in [0.15, 0.2) is 0 Å². The van der Waals surface area contributed by atoms with Gasteiger partial charge in [0, 0.05) is 25.7 Å². The van der Waals surface area contributed by atoms with Crippen LogP contribution in [0.4, 0.5) is 10.1 Å². The van der Waals surface area contributed by atoms with Gasteiger partial charge in [0.05, 0.1) is 5.69 Å². The zero-order valence-electron chi connectivity index (χ0n) is 10.6. The number of piperazine rings is 1. The maximum absolute atomic E-state index is 13.7. The van der Waals surface area contributed by atoms with Crippen LogP contribution >= 0.6 is 0 Å². The average Bonchev–Trinajstić information content (AvgIpc) is 2.29. The molecule has 17 heavy (non-hydrogen) atoms. The van der Waals surface area contributed by atoms with Crippen LogP contribution in [0.1, 0.15) is 20.3 Å². The zero-order valence-corrected chi connectivity index (χ0v) is 10.6. The average molecular weight is 236 g/mol. The van der Waals surface area contributed by atoms with Crippen molar-refractivity contribution in [3.8, 4) is 0 Å². The third-order valence-corrected chi connectivity index (χ3v) is 3.20. The summed E-state index contributed by atoms with van der Waals surface area (Å²) >= 11 is 0. The molecular weight excluding hydrogens is 215 g/mol. The number of rotatable bonds is 3. The molecular formula is C14H21FN2. The van der Waals surface area contributed by atoms with Gasteiger partial charge in [0.1, 0.15) is 5.82 Å². The lowest BCUT2D eigenvalue weighted by molar-refractivity contribution is 0.386. The third kappa shape index (κ3) is 3.19. The summed E-state index contributed by atoms with van der Waals surface area (Å²) in [6, 6.07) is 7.52. The predicted octanol–water partition coefficient (Wildman–Crippen LogP) is 2.65.